The molecule has 2 N–H and O–H groups in total. The van der Waals surface area contributed by atoms with Crippen LogP contribution in [0.4, 0.5) is 10.8 Å². The number of carboxylic acids is 1. The molecule has 7 nitrogen and oxygen atoms in total. The van der Waals surface area contributed by atoms with Gasteiger partial charge in [-0.1, -0.05) is 23.5 Å². The van der Waals surface area contributed by atoms with Gasteiger partial charge in [-0.2, -0.15) is 5.10 Å². The average molecular weight is 383 g/mol. The summed E-state index contributed by atoms with van der Waals surface area (Å²) >= 11 is 1.69. The molecule has 0 radical (unpaired) electrons. The van der Waals surface area contributed by atoms with Gasteiger partial charge in [0.1, 0.15) is 0 Å². The van der Waals surface area contributed by atoms with Crippen LogP contribution in [-0.4, -0.2) is 46.0 Å². The summed E-state index contributed by atoms with van der Waals surface area (Å²) in [5.41, 5.74) is 3.86. The number of anilines is 2. The van der Waals surface area contributed by atoms with E-state index in [2.05, 4.69) is 39.6 Å². The minimum absolute atomic E-state index is 0.0626. The largest absolute Gasteiger partial charge is 0.476 e. The maximum atomic E-state index is 11.2. The van der Waals surface area contributed by atoms with E-state index in [1.807, 2.05) is 14.0 Å². The molecule has 0 spiro atoms. The smallest absolute Gasteiger partial charge is 0.356 e. The standard InChI is InChI=1S/C19H21N5O2S/c1-12-8-15(18(25)26)22-24(12)11-13-9-14(20-2)10-16-17(13)21-19(27-16)23-6-4-3-5-7-23/h3-4,8-10,20H,5-7,11H2,1-2H3,(H,25,26). The summed E-state index contributed by atoms with van der Waals surface area (Å²) in [6.07, 6.45) is 5.42. The molecule has 140 valence electrons. The molecule has 0 atom stereocenters. The Kier molecular flexibility index (Phi) is 4.57. The summed E-state index contributed by atoms with van der Waals surface area (Å²) in [5.74, 6) is -1.01. The monoisotopic (exact) mass is 383 g/mol. The Labute approximate surface area is 160 Å². The van der Waals surface area contributed by atoms with Gasteiger partial charge < -0.3 is 15.3 Å². The Bertz CT molecular complexity index is 1040. The van der Waals surface area contributed by atoms with Crippen LogP contribution in [0, 0.1) is 6.92 Å². The third kappa shape index (κ3) is 3.40. The molecule has 2 aromatic heterocycles. The van der Waals surface area contributed by atoms with E-state index in [0.717, 1.165) is 51.8 Å². The highest BCUT2D eigenvalue weighted by Crippen LogP contribution is 2.34. The van der Waals surface area contributed by atoms with Crippen LogP contribution >= 0.6 is 11.3 Å². The number of nitrogens with one attached hydrogen (secondary N) is 1. The van der Waals surface area contributed by atoms with E-state index in [1.54, 1.807) is 22.1 Å². The number of carbonyl (C=O) groups is 1. The van der Waals surface area contributed by atoms with Crippen molar-refractivity contribution in [1.29, 1.82) is 0 Å². The van der Waals surface area contributed by atoms with Crippen molar-refractivity contribution in [3.8, 4) is 0 Å². The van der Waals surface area contributed by atoms with Crippen molar-refractivity contribution in [1.82, 2.24) is 14.8 Å². The minimum atomic E-state index is -1.01. The number of aromatic carboxylic acids is 1. The van der Waals surface area contributed by atoms with Gasteiger partial charge in [-0.15, -0.1) is 0 Å². The second-order valence-electron chi connectivity index (χ2n) is 6.57. The lowest BCUT2D eigenvalue weighted by Crippen LogP contribution is -2.26. The third-order valence-corrected chi connectivity index (χ3v) is 5.76. The number of fused-ring (bicyclic) bond motifs is 1. The zero-order chi connectivity index (χ0) is 19.0. The molecule has 0 bridgehead atoms. The number of rotatable bonds is 5. The fourth-order valence-electron chi connectivity index (χ4n) is 3.24. The van der Waals surface area contributed by atoms with Crippen molar-refractivity contribution in [2.45, 2.75) is 19.9 Å². The highest BCUT2D eigenvalue weighted by atomic mass is 32.1. The molecule has 0 saturated heterocycles. The van der Waals surface area contributed by atoms with Crippen LogP contribution in [0.2, 0.25) is 0 Å². The molecule has 0 amide bonds. The van der Waals surface area contributed by atoms with E-state index in [1.165, 1.54) is 0 Å². The summed E-state index contributed by atoms with van der Waals surface area (Å²) in [5, 5.41) is 17.6. The molecule has 4 rings (SSSR count). The lowest BCUT2D eigenvalue weighted by atomic mass is 10.1. The number of hydrogen-bond acceptors (Lipinski definition) is 6. The number of hydrogen-bond donors (Lipinski definition) is 2. The summed E-state index contributed by atoms with van der Waals surface area (Å²) < 4.78 is 2.84. The Morgan fingerprint density at radius 2 is 2.19 bits per heavy atom. The van der Waals surface area contributed by atoms with Gasteiger partial charge in [0.15, 0.2) is 10.8 Å². The first-order chi connectivity index (χ1) is 13.0. The quantitative estimate of drug-likeness (QED) is 0.658. The van der Waals surface area contributed by atoms with Gasteiger partial charge in [-0.3, -0.25) is 4.68 Å². The predicted molar refractivity (Wildman–Crippen MR) is 108 cm³/mol. The maximum Gasteiger partial charge on any atom is 0.356 e. The van der Waals surface area contributed by atoms with Crippen molar-refractivity contribution >= 4 is 38.3 Å². The van der Waals surface area contributed by atoms with Gasteiger partial charge in [0.05, 0.1) is 16.8 Å². The molecule has 27 heavy (non-hydrogen) atoms. The Morgan fingerprint density at radius 3 is 2.85 bits per heavy atom. The molecular formula is C19H21N5O2S. The van der Waals surface area contributed by atoms with Crippen LogP contribution in [0.1, 0.15) is 28.2 Å². The first-order valence-electron chi connectivity index (χ1n) is 8.84. The van der Waals surface area contributed by atoms with E-state index in [-0.39, 0.29) is 5.69 Å². The van der Waals surface area contributed by atoms with Crippen molar-refractivity contribution in [2.24, 2.45) is 0 Å². The van der Waals surface area contributed by atoms with Gasteiger partial charge in [0.25, 0.3) is 0 Å². The van der Waals surface area contributed by atoms with Gasteiger partial charge in [-0.25, -0.2) is 9.78 Å². The van der Waals surface area contributed by atoms with Crippen molar-refractivity contribution in [3.05, 3.63) is 47.3 Å². The van der Waals surface area contributed by atoms with E-state index >= 15 is 0 Å². The number of aromatic nitrogens is 3. The molecule has 0 fully saturated rings. The van der Waals surface area contributed by atoms with Crippen LogP contribution in [0.3, 0.4) is 0 Å². The maximum absolute atomic E-state index is 11.2. The zero-order valence-electron chi connectivity index (χ0n) is 15.3. The fourth-order valence-corrected chi connectivity index (χ4v) is 4.33. The highest BCUT2D eigenvalue weighted by Gasteiger charge is 2.17. The Morgan fingerprint density at radius 1 is 1.33 bits per heavy atom. The molecule has 0 saturated carbocycles. The predicted octanol–water partition coefficient (Wildman–Crippen LogP) is 3.36. The van der Waals surface area contributed by atoms with E-state index in [9.17, 15) is 9.90 Å². The zero-order valence-corrected chi connectivity index (χ0v) is 16.1. The number of aryl methyl sites for hydroxylation is 1. The normalized spacial score (nSPS) is 14.1. The first-order valence-corrected chi connectivity index (χ1v) is 9.65. The fraction of sp³-hybridized carbons (Fsp3) is 0.316. The first kappa shape index (κ1) is 17.5. The van der Waals surface area contributed by atoms with E-state index in [0.29, 0.717) is 6.54 Å². The van der Waals surface area contributed by atoms with Gasteiger partial charge in [0, 0.05) is 37.1 Å². The molecule has 1 aliphatic rings. The van der Waals surface area contributed by atoms with Crippen LogP contribution < -0.4 is 10.2 Å². The number of thiazole rings is 1. The number of nitrogens with zero attached hydrogens (tertiary/aromatic N) is 4. The number of carboxylic acid groups (broad SMARTS) is 1. The molecule has 0 aliphatic carbocycles. The molecule has 1 aromatic carbocycles. The average Bonchev–Trinajstić information content (AvgIpc) is 3.26. The van der Waals surface area contributed by atoms with Crippen LogP contribution in [0.25, 0.3) is 10.2 Å². The summed E-state index contributed by atoms with van der Waals surface area (Å²) in [7, 11) is 1.89. The van der Waals surface area contributed by atoms with Crippen LogP contribution in [0.5, 0.6) is 0 Å². The second kappa shape index (κ2) is 7.03. The second-order valence-corrected chi connectivity index (χ2v) is 7.58. The van der Waals surface area contributed by atoms with Crippen molar-refractivity contribution in [2.75, 3.05) is 30.4 Å². The van der Waals surface area contributed by atoms with Gasteiger partial charge >= 0.3 is 5.97 Å². The minimum Gasteiger partial charge on any atom is -0.476 e. The molecular weight excluding hydrogens is 362 g/mol. The Hall–Kier alpha value is -2.87. The third-order valence-electron chi connectivity index (χ3n) is 4.70. The molecule has 1 aliphatic heterocycles. The summed E-state index contributed by atoms with van der Waals surface area (Å²) in [4.78, 5) is 18.4. The van der Waals surface area contributed by atoms with Crippen molar-refractivity contribution < 1.29 is 9.90 Å². The van der Waals surface area contributed by atoms with E-state index < -0.39 is 5.97 Å². The SMILES string of the molecule is CNc1cc(Cn2nc(C(=O)O)cc2C)c2nc(N3CC=CCC3)sc2c1. The molecule has 8 heteroatoms. The Balaban J connectivity index is 1.75. The topological polar surface area (TPSA) is 83.3 Å². The molecule has 3 aromatic rings. The van der Waals surface area contributed by atoms with Gasteiger partial charge in [-0.05, 0) is 31.5 Å². The van der Waals surface area contributed by atoms with E-state index in [4.69, 9.17) is 4.98 Å². The summed E-state index contributed by atoms with van der Waals surface area (Å²) in [6, 6.07) is 5.76. The lowest BCUT2D eigenvalue weighted by molar-refractivity contribution is 0.0689. The number of benzene rings is 1. The molecule has 0 unspecified atom stereocenters. The van der Waals surface area contributed by atoms with Crippen LogP contribution in [-0.2, 0) is 6.54 Å². The highest BCUT2D eigenvalue weighted by molar-refractivity contribution is 7.22. The van der Waals surface area contributed by atoms with Crippen molar-refractivity contribution in [3.63, 3.8) is 0 Å². The summed E-state index contributed by atoms with van der Waals surface area (Å²) in [6.45, 7) is 4.21. The molecule has 3 heterocycles. The van der Waals surface area contributed by atoms with Crippen LogP contribution in [0.15, 0.2) is 30.4 Å². The lowest BCUT2D eigenvalue weighted by Gasteiger charge is -2.22. The van der Waals surface area contributed by atoms with Gasteiger partial charge in [0.2, 0.25) is 0 Å².